The van der Waals surface area contributed by atoms with Gasteiger partial charge in [0.1, 0.15) is 12.4 Å². The van der Waals surface area contributed by atoms with Crippen LogP contribution in [0.5, 0.6) is 5.75 Å². The van der Waals surface area contributed by atoms with E-state index in [0.717, 1.165) is 27.8 Å². The van der Waals surface area contributed by atoms with Crippen LogP contribution < -0.4 is 10.1 Å². The zero-order chi connectivity index (χ0) is 15.0. The molecule has 0 fully saturated rings. The molecule has 0 aliphatic rings. The molecule has 1 aromatic carbocycles. The summed E-state index contributed by atoms with van der Waals surface area (Å²) >= 11 is 7.09. The molecule has 0 spiro atoms. The summed E-state index contributed by atoms with van der Waals surface area (Å²) in [6, 6.07) is 4.11. The fourth-order valence-corrected chi connectivity index (χ4v) is 3.04. The maximum atomic E-state index is 5.76. The van der Waals surface area contributed by atoms with Crippen LogP contribution in [0.2, 0.25) is 0 Å². The van der Waals surface area contributed by atoms with E-state index in [1.54, 1.807) is 14.2 Å². The number of methoxy groups -OCH3 is 2. The standard InChI is InChI=1S/C14H21Br2NO3/c1-10(19-3)9-20-14-12(15)6-11(7-13(14)16)8-17-4-5-18-2/h6-7,10,17H,4-5,8-9H2,1-3H3. The fourth-order valence-electron chi connectivity index (χ4n) is 1.53. The van der Waals surface area contributed by atoms with Crippen molar-refractivity contribution in [1.82, 2.24) is 5.32 Å². The van der Waals surface area contributed by atoms with Crippen molar-refractivity contribution in [2.45, 2.75) is 19.6 Å². The van der Waals surface area contributed by atoms with Crippen LogP contribution >= 0.6 is 31.9 Å². The van der Waals surface area contributed by atoms with Crippen molar-refractivity contribution >= 4 is 31.9 Å². The Kier molecular flexibility index (Phi) is 8.72. The molecule has 1 N–H and O–H groups in total. The lowest BCUT2D eigenvalue weighted by Gasteiger charge is -2.15. The largest absolute Gasteiger partial charge is 0.489 e. The summed E-state index contributed by atoms with van der Waals surface area (Å²) in [4.78, 5) is 0. The van der Waals surface area contributed by atoms with Crippen molar-refractivity contribution in [1.29, 1.82) is 0 Å². The molecule has 1 rings (SSSR count). The van der Waals surface area contributed by atoms with E-state index in [4.69, 9.17) is 14.2 Å². The van der Waals surface area contributed by atoms with Gasteiger partial charge in [0, 0.05) is 27.3 Å². The van der Waals surface area contributed by atoms with Gasteiger partial charge in [-0.05, 0) is 56.5 Å². The van der Waals surface area contributed by atoms with Gasteiger partial charge in [-0.2, -0.15) is 0 Å². The van der Waals surface area contributed by atoms with Crippen molar-refractivity contribution in [2.24, 2.45) is 0 Å². The number of benzene rings is 1. The van der Waals surface area contributed by atoms with Crippen molar-refractivity contribution < 1.29 is 14.2 Å². The zero-order valence-electron chi connectivity index (χ0n) is 12.0. The van der Waals surface area contributed by atoms with E-state index in [0.29, 0.717) is 13.2 Å². The van der Waals surface area contributed by atoms with E-state index in [9.17, 15) is 0 Å². The van der Waals surface area contributed by atoms with Crippen LogP contribution in [0, 0.1) is 0 Å². The molecule has 0 bridgehead atoms. The highest BCUT2D eigenvalue weighted by Crippen LogP contribution is 2.34. The highest BCUT2D eigenvalue weighted by atomic mass is 79.9. The van der Waals surface area contributed by atoms with E-state index in [1.165, 1.54) is 5.56 Å². The van der Waals surface area contributed by atoms with Crippen LogP contribution in [0.25, 0.3) is 0 Å². The summed E-state index contributed by atoms with van der Waals surface area (Å²) in [5.74, 6) is 0.801. The van der Waals surface area contributed by atoms with Crippen LogP contribution in [0.4, 0.5) is 0 Å². The van der Waals surface area contributed by atoms with Crippen molar-refractivity contribution in [2.75, 3.05) is 34.0 Å². The molecule has 1 unspecified atom stereocenters. The highest BCUT2D eigenvalue weighted by Gasteiger charge is 2.10. The monoisotopic (exact) mass is 409 g/mol. The molecule has 0 aliphatic carbocycles. The minimum absolute atomic E-state index is 0.0594. The Hall–Kier alpha value is -0.140. The first-order valence-electron chi connectivity index (χ1n) is 6.41. The molecule has 4 nitrogen and oxygen atoms in total. The van der Waals surface area contributed by atoms with Gasteiger partial charge in [-0.1, -0.05) is 0 Å². The van der Waals surface area contributed by atoms with Gasteiger partial charge >= 0.3 is 0 Å². The van der Waals surface area contributed by atoms with E-state index in [2.05, 4.69) is 49.3 Å². The van der Waals surface area contributed by atoms with Crippen LogP contribution in [0.1, 0.15) is 12.5 Å². The van der Waals surface area contributed by atoms with E-state index in [-0.39, 0.29) is 6.10 Å². The lowest BCUT2D eigenvalue weighted by Crippen LogP contribution is -2.19. The smallest absolute Gasteiger partial charge is 0.147 e. The van der Waals surface area contributed by atoms with Gasteiger partial charge in [-0.15, -0.1) is 0 Å². The third kappa shape index (κ3) is 6.10. The van der Waals surface area contributed by atoms with Gasteiger partial charge in [0.2, 0.25) is 0 Å². The SMILES string of the molecule is COCCNCc1cc(Br)c(OCC(C)OC)c(Br)c1. The molecule has 0 amide bonds. The molecule has 0 saturated carbocycles. The van der Waals surface area contributed by atoms with Gasteiger partial charge < -0.3 is 19.5 Å². The number of hydrogen-bond acceptors (Lipinski definition) is 4. The number of rotatable bonds is 9. The summed E-state index contributed by atoms with van der Waals surface area (Å²) in [6.07, 6.45) is 0.0594. The summed E-state index contributed by atoms with van der Waals surface area (Å²) in [6.45, 7) is 4.80. The predicted octanol–water partition coefficient (Wildman–Crippen LogP) is 3.36. The molecule has 0 aliphatic heterocycles. The number of hydrogen-bond donors (Lipinski definition) is 1. The Morgan fingerprint density at radius 1 is 1.20 bits per heavy atom. The third-order valence-corrected chi connectivity index (χ3v) is 3.91. The molecular formula is C14H21Br2NO3. The Morgan fingerprint density at radius 3 is 2.40 bits per heavy atom. The number of halogens is 2. The molecule has 0 saturated heterocycles. The van der Waals surface area contributed by atoms with E-state index in [1.807, 2.05) is 6.92 Å². The molecular weight excluding hydrogens is 390 g/mol. The molecule has 1 aromatic rings. The second kappa shape index (κ2) is 9.73. The van der Waals surface area contributed by atoms with Gasteiger partial charge in [-0.25, -0.2) is 0 Å². The van der Waals surface area contributed by atoms with Gasteiger partial charge in [0.05, 0.1) is 21.7 Å². The fraction of sp³-hybridized carbons (Fsp3) is 0.571. The van der Waals surface area contributed by atoms with Crippen molar-refractivity contribution in [3.63, 3.8) is 0 Å². The Morgan fingerprint density at radius 2 is 1.85 bits per heavy atom. The second-order valence-electron chi connectivity index (χ2n) is 4.42. The number of ether oxygens (including phenoxy) is 3. The van der Waals surface area contributed by atoms with Crippen LogP contribution in [0.3, 0.4) is 0 Å². The van der Waals surface area contributed by atoms with Crippen molar-refractivity contribution in [3.05, 3.63) is 26.6 Å². The first kappa shape index (κ1) is 17.9. The lowest BCUT2D eigenvalue weighted by atomic mass is 10.2. The Labute approximate surface area is 137 Å². The zero-order valence-corrected chi connectivity index (χ0v) is 15.2. The number of nitrogens with one attached hydrogen (secondary N) is 1. The van der Waals surface area contributed by atoms with Crippen molar-refractivity contribution in [3.8, 4) is 5.75 Å². The summed E-state index contributed by atoms with van der Waals surface area (Å²) in [7, 11) is 3.37. The predicted molar refractivity (Wildman–Crippen MR) is 87.4 cm³/mol. The third-order valence-electron chi connectivity index (χ3n) is 2.73. The topological polar surface area (TPSA) is 39.7 Å². The highest BCUT2D eigenvalue weighted by molar-refractivity contribution is 9.11. The Balaban J connectivity index is 2.61. The second-order valence-corrected chi connectivity index (χ2v) is 6.12. The molecule has 0 aromatic heterocycles. The van der Waals surface area contributed by atoms with Gasteiger partial charge in [0.25, 0.3) is 0 Å². The lowest BCUT2D eigenvalue weighted by molar-refractivity contribution is 0.0711. The summed E-state index contributed by atoms with van der Waals surface area (Å²) in [5, 5.41) is 3.31. The van der Waals surface area contributed by atoms with Crippen LogP contribution in [-0.4, -0.2) is 40.1 Å². The molecule has 1 atom stereocenters. The van der Waals surface area contributed by atoms with Gasteiger partial charge in [-0.3, -0.25) is 0 Å². The minimum Gasteiger partial charge on any atom is -0.489 e. The minimum atomic E-state index is 0.0594. The Bertz CT molecular complexity index is 392. The molecule has 114 valence electrons. The first-order valence-corrected chi connectivity index (χ1v) is 8.00. The van der Waals surface area contributed by atoms with E-state index >= 15 is 0 Å². The summed E-state index contributed by atoms with van der Waals surface area (Å²) < 4.78 is 17.8. The summed E-state index contributed by atoms with van der Waals surface area (Å²) in [5.41, 5.74) is 1.17. The quantitative estimate of drug-likeness (QED) is 0.633. The van der Waals surface area contributed by atoms with E-state index < -0.39 is 0 Å². The van der Waals surface area contributed by atoms with Crippen LogP contribution in [-0.2, 0) is 16.0 Å². The average molecular weight is 411 g/mol. The first-order chi connectivity index (χ1) is 9.58. The molecule has 6 heteroatoms. The molecule has 20 heavy (non-hydrogen) atoms. The average Bonchev–Trinajstić information content (AvgIpc) is 2.42. The molecule has 0 heterocycles. The maximum absolute atomic E-state index is 5.76. The van der Waals surface area contributed by atoms with Gasteiger partial charge in [0.15, 0.2) is 0 Å². The molecule has 0 radical (unpaired) electrons. The maximum Gasteiger partial charge on any atom is 0.147 e. The normalized spacial score (nSPS) is 12.4. The van der Waals surface area contributed by atoms with Crippen LogP contribution in [0.15, 0.2) is 21.1 Å².